The molecule has 1 fully saturated rings. The van der Waals surface area contributed by atoms with Crippen LogP contribution in [0, 0.1) is 6.92 Å². The molecular formula is C21H24Cl2F3N5O3. The third kappa shape index (κ3) is 5.20. The highest BCUT2D eigenvalue weighted by atomic mass is 35.5. The number of alkyl halides is 3. The summed E-state index contributed by atoms with van der Waals surface area (Å²) in [6, 6.07) is 3.24. The van der Waals surface area contributed by atoms with Gasteiger partial charge < -0.3 is 19.4 Å². The summed E-state index contributed by atoms with van der Waals surface area (Å²) < 4.78 is 45.4. The zero-order valence-electron chi connectivity index (χ0n) is 19.0. The highest BCUT2D eigenvalue weighted by Gasteiger charge is 2.38. The molecule has 1 aromatic heterocycles. The number of ether oxygens (including phenoxy) is 1. The van der Waals surface area contributed by atoms with Gasteiger partial charge in [-0.05, 0) is 13.0 Å². The quantitative estimate of drug-likeness (QED) is 0.601. The zero-order valence-corrected chi connectivity index (χ0v) is 20.6. The topological polar surface area (TPSA) is 70.9 Å². The molecule has 0 N–H and O–H groups in total. The molecule has 0 bridgehead atoms. The summed E-state index contributed by atoms with van der Waals surface area (Å²) in [5.41, 5.74) is -0.117. The van der Waals surface area contributed by atoms with E-state index in [1.54, 1.807) is 31.1 Å². The number of hydrogen-bond donors (Lipinski definition) is 0. The van der Waals surface area contributed by atoms with Gasteiger partial charge in [0.05, 0.1) is 34.1 Å². The highest BCUT2D eigenvalue weighted by molar-refractivity contribution is 6.32. The van der Waals surface area contributed by atoms with Crippen molar-refractivity contribution in [2.45, 2.75) is 19.6 Å². The van der Waals surface area contributed by atoms with Crippen LogP contribution in [0.15, 0.2) is 12.1 Å². The number of methoxy groups -OCH3 is 1. The molecule has 8 nitrogen and oxygen atoms in total. The van der Waals surface area contributed by atoms with E-state index in [0.717, 1.165) is 4.68 Å². The molecule has 34 heavy (non-hydrogen) atoms. The van der Waals surface area contributed by atoms with Crippen LogP contribution in [0.5, 0.6) is 5.75 Å². The minimum Gasteiger partial charge on any atom is -0.495 e. The van der Waals surface area contributed by atoms with Gasteiger partial charge in [-0.2, -0.15) is 18.3 Å². The van der Waals surface area contributed by atoms with Crippen LogP contribution < -0.4 is 9.64 Å². The summed E-state index contributed by atoms with van der Waals surface area (Å²) in [6.45, 7) is 2.43. The first kappa shape index (κ1) is 26.0. The first-order chi connectivity index (χ1) is 15.8. The Hall–Kier alpha value is -2.66. The van der Waals surface area contributed by atoms with Crippen molar-refractivity contribution in [3.8, 4) is 5.75 Å². The van der Waals surface area contributed by atoms with E-state index in [9.17, 15) is 22.8 Å². The lowest BCUT2D eigenvalue weighted by Crippen LogP contribution is -2.50. The van der Waals surface area contributed by atoms with Gasteiger partial charge in [0.1, 0.15) is 12.3 Å². The minimum atomic E-state index is -4.71. The molecule has 2 heterocycles. The van der Waals surface area contributed by atoms with Gasteiger partial charge in [-0.25, -0.2) is 0 Å². The standard InChI is InChI=1S/C21H24Cl2F3N5O3/c1-12-18(23)19(21(24,25)26)27-31(12)11-17(32)30-7-5-29(6-8-30)15-10-16(34-4)14(22)9-13(15)20(33)28(2)3/h9-10H,5-8,11H2,1-4H3. The fourth-order valence-corrected chi connectivity index (χ4v) is 4.14. The van der Waals surface area contributed by atoms with E-state index in [-0.39, 0.29) is 24.1 Å². The fraction of sp³-hybridized carbons (Fsp3) is 0.476. The van der Waals surface area contributed by atoms with Crippen molar-refractivity contribution < 1.29 is 27.5 Å². The van der Waals surface area contributed by atoms with Gasteiger partial charge in [-0.15, -0.1) is 0 Å². The normalized spacial score (nSPS) is 14.4. The predicted molar refractivity (Wildman–Crippen MR) is 122 cm³/mol. The van der Waals surface area contributed by atoms with E-state index in [2.05, 4.69) is 5.10 Å². The maximum Gasteiger partial charge on any atom is 0.436 e. The molecule has 0 aliphatic carbocycles. The summed E-state index contributed by atoms with van der Waals surface area (Å²) >= 11 is 12.0. The molecule has 0 radical (unpaired) electrons. The SMILES string of the molecule is COc1cc(N2CCN(C(=O)Cn3nc(C(F)(F)F)c(Cl)c3C)CC2)c(C(=O)N(C)C)cc1Cl. The number of aromatic nitrogens is 2. The molecule has 186 valence electrons. The van der Waals surface area contributed by atoms with Gasteiger partial charge in [0.15, 0.2) is 5.69 Å². The molecule has 3 rings (SSSR count). The lowest BCUT2D eigenvalue weighted by Gasteiger charge is -2.37. The number of amides is 2. The summed E-state index contributed by atoms with van der Waals surface area (Å²) in [4.78, 5) is 30.4. The van der Waals surface area contributed by atoms with Crippen molar-refractivity contribution in [1.29, 1.82) is 0 Å². The minimum absolute atomic E-state index is 0.0704. The predicted octanol–water partition coefficient (Wildman–Crippen LogP) is 3.58. The number of rotatable bonds is 5. The maximum absolute atomic E-state index is 13.1. The van der Waals surface area contributed by atoms with E-state index >= 15 is 0 Å². The number of anilines is 1. The lowest BCUT2D eigenvalue weighted by molar-refractivity contribution is -0.142. The number of nitrogens with zero attached hydrogens (tertiary/aromatic N) is 5. The first-order valence-corrected chi connectivity index (χ1v) is 11.0. The molecule has 0 unspecified atom stereocenters. The molecule has 1 aliphatic rings. The van der Waals surface area contributed by atoms with Crippen LogP contribution in [0.25, 0.3) is 0 Å². The average molecular weight is 522 g/mol. The molecule has 2 amide bonds. The maximum atomic E-state index is 13.1. The van der Waals surface area contributed by atoms with Gasteiger partial charge in [-0.1, -0.05) is 23.2 Å². The van der Waals surface area contributed by atoms with Crippen molar-refractivity contribution in [3.05, 3.63) is 39.1 Å². The summed E-state index contributed by atoms with van der Waals surface area (Å²) in [6.07, 6.45) is -4.71. The van der Waals surface area contributed by atoms with Gasteiger partial charge in [0.2, 0.25) is 5.91 Å². The van der Waals surface area contributed by atoms with Gasteiger partial charge in [0, 0.05) is 46.3 Å². The van der Waals surface area contributed by atoms with Gasteiger partial charge >= 0.3 is 6.18 Å². The van der Waals surface area contributed by atoms with Crippen LogP contribution in [0.2, 0.25) is 10.0 Å². The molecule has 1 saturated heterocycles. The summed E-state index contributed by atoms with van der Waals surface area (Å²) in [5.74, 6) is -0.199. The van der Waals surface area contributed by atoms with Gasteiger partial charge in [-0.3, -0.25) is 14.3 Å². The Kier molecular flexibility index (Phi) is 7.56. The summed E-state index contributed by atoms with van der Waals surface area (Å²) in [5, 5.41) is 3.27. The Morgan fingerprint density at radius 3 is 2.26 bits per heavy atom. The number of hydrogen-bond acceptors (Lipinski definition) is 5. The zero-order chi connectivity index (χ0) is 25.4. The van der Waals surface area contributed by atoms with Crippen molar-refractivity contribution in [3.63, 3.8) is 0 Å². The Balaban J connectivity index is 1.75. The van der Waals surface area contributed by atoms with E-state index in [4.69, 9.17) is 27.9 Å². The van der Waals surface area contributed by atoms with Crippen molar-refractivity contribution in [2.75, 3.05) is 52.3 Å². The molecule has 0 spiro atoms. The van der Waals surface area contributed by atoms with Crippen LogP contribution in [-0.2, 0) is 17.5 Å². The second-order valence-corrected chi connectivity index (χ2v) is 8.76. The molecular weight excluding hydrogens is 498 g/mol. The second kappa shape index (κ2) is 9.91. The smallest absolute Gasteiger partial charge is 0.436 e. The Morgan fingerprint density at radius 1 is 1.15 bits per heavy atom. The molecule has 13 heteroatoms. The van der Waals surface area contributed by atoms with Crippen LogP contribution in [0.3, 0.4) is 0 Å². The summed E-state index contributed by atoms with van der Waals surface area (Å²) in [7, 11) is 4.74. The van der Waals surface area contributed by atoms with E-state index in [0.29, 0.717) is 48.2 Å². The van der Waals surface area contributed by atoms with Crippen LogP contribution in [0.4, 0.5) is 18.9 Å². The molecule has 0 saturated carbocycles. The number of halogens is 5. The largest absolute Gasteiger partial charge is 0.495 e. The van der Waals surface area contributed by atoms with E-state index in [1.165, 1.54) is 18.9 Å². The fourth-order valence-electron chi connectivity index (χ4n) is 3.66. The Labute approximate surface area is 204 Å². The van der Waals surface area contributed by atoms with Crippen LogP contribution >= 0.6 is 23.2 Å². The number of piperazine rings is 1. The number of carbonyl (C=O) groups is 2. The molecule has 1 aliphatic heterocycles. The lowest BCUT2D eigenvalue weighted by atomic mass is 10.1. The Morgan fingerprint density at radius 2 is 1.76 bits per heavy atom. The number of benzene rings is 1. The molecule has 2 aromatic rings. The number of carbonyl (C=O) groups excluding carboxylic acids is 2. The third-order valence-corrected chi connectivity index (χ3v) is 6.31. The van der Waals surface area contributed by atoms with Crippen molar-refractivity contribution in [1.82, 2.24) is 19.6 Å². The third-order valence-electron chi connectivity index (χ3n) is 5.57. The van der Waals surface area contributed by atoms with Gasteiger partial charge in [0.25, 0.3) is 5.91 Å². The first-order valence-electron chi connectivity index (χ1n) is 10.3. The van der Waals surface area contributed by atoms with Crippen LogP contribution in [0.1, 0.15) is 21.7 Å². The monoisotopic (exact) mass is 521 g/mol. The van der Waals surface area contributed by atoms with Crippen molar-refractivity contribution in [2.24, 2.45) is 0 Å². The molecule has 0 atom stereocenters. The van der Waals surface area contributed by atoms with Crippen LogP contribution in [-0.4, -0.2) is 78.8 Å². The van der Waals surface area contributed by atoms with E-state index in [1.807, 2.05) is 4.90 Å². The molecule has 1 aromatic carbocycles. The Bertz CT molecular complexity index is 1100. The second-order valence-electron chi connectivity index (χ2n) is 7.97. The average Bonchev–Trinajstić information content (AvgIpc) is 3.07. The van der Waals surface area contributed by atoms with E-state index < -0.39 is 16.9 Å². The van der Waals surface area contributed by atoms with Crippen molar-refractivity contribution >= 4 is 40.7 Å². The highest BCUT2D eigenvalue weighted by Crippen LogP contribution is 2.36.